The summed E-state index contributed by atoms with van der Waals surface area (Å²) in [6.07, 6.45) is 1.55. The van der Waals surface area contributed by atoms with Crippen LogP contribution in [0.4, 0.5) is 0 Å². The van der Waals surface area contributed by atoms with Gasteiger partial charge in [0, 0.05) is 5.57 Å². The molecule has 0 amide bonds. The third-order valence-corrected chi connectivity index (χ3v) is 3.73. The molecule has 0 unspecified atom stereocenters. The molecule has 2 heteroatoms. The topological polar surface area (TPSA) is 26.3 Å². The van der Waals surface area contributed by atoms with E-state index in [9.17, 15) is 4.79 Å². The van der Waals surface area contributed by atoms with Gasteiger partial charge in [-0.05, 0) is 52.2 Å². The largest absolute Gasteiger partial charge is 0.423 e. The van der Waals surface area contributed by atoms with Crippen molar-refractivity contribution in [2.24, 2.45) is 0 Å². The van der Waals surface area contributed by atoms with Crippen molar-refractivity contribution in [3.05, 3.63) is 66.7 Å². The van der Waals surface area contributed by atoms with Crippen LogP contribution in [0.25, 0.3) is 21.5 Å². The molecule has 110 valence electrons. The number of hydrogen-bond acceptors (Lipinski definition) is 2. The van der Waals surface area contributed by atoms with Crippen LogP contribution in [-0.4, -0.2) is 5.97 Å². The van der Waals surface area contributed by atoms with Crippen molar-refractivity contribution in [3.8, 4) is 5.75 Å². The molecule has 0 heterocycles. The highest BCUT2D eigenvalue weighted by Crippen LogP contribution is 2.26. The van der Waals surface area contributed by atoms with Crippen molar-refractivity contribution in [2.75, 3.05) is 0 Å². The molecule has 0 bridgehead atoms. The molecule has 0 aliphatic carbocycles. The third-order valence-electron chi connectivity index (χ3n) is 3.73. The van der Waals surface area contributed by atoms with Crippen molar-refractivity contribution in [2.45, 2.75) is 19.8 Å². The molecular formula is C20H18O2. The first-order chi connectivity index (χ1) is 10.7. The van der Waals surface area contributed by atoms with Gasteiger partial charge in [-0.25, -0.2) is 4.79 Å². The summed E-state index contributed by atoms with van der Waals surface area (Å²) >= 11 is 0. The fourth-order valence-corrected chi connectivity index (χ4v) is 2.56. The van der Waals surface area contributed by atoms with Crippen molar-refractivity contribution < 1.29 is 9.53 Å². The maximum atomic E-state index is 11.9. The second-order valence-corrected chi connectivity index (χ2v) is 5.45. The van der Waals surface area contributed by atoms with Crippen LogP contribution in [-0.2, 0) is 4.79 Å². The smallest absolute Gasteiger partial charge is 0.338 e. The van der Waals surface area contributed by atoms with Crippen LogP contribution in [0.3, 0.4) is 0 Å². The predicted molar refractivity (Wildman–Crippen MR) is 91.1 cm³/mol. The van der Waals surface area contributed by atoms with Crippen LogP contribution in [0.2, 0.25) is 0 Å². The molecule has 0 aliphatic rings. The lowest BCUT2D eigenvalue weighted by atomic mass is 10.0. The van der Waals surface area contributed by atoms with Gasteiger partial charge in [-0.15, -0.1) is 0 Å². The van der Waals surface area contributed by atoms with E-state index < -0.39 is 0 Å². The van der Waals surface area contributed by atoms with Gasteiger partial charge >= 0.3 is 5.97 Å². The average molecular weight is 290 g/mol. The Morgan fingerprint density at radius 2 is 1.59 bits per heavy atom. The summed E-state index contributed by atoms with van der Waals surface area (Å²) in [6.45, 7) is 5.78. The summed E-state index contributed by atoms with van der Waals surface area (Å²) in [5, 5.41) is 4.57. The van der Waals surface area contributed by atoms with E-state index in [1.54, 1.807) is 0 Å². The van der Waals surface area contributed by atoms with Crippen molar-refractivity contribution in [1.29, 1.82) is 0 Å². The quantitative estimate of drug-likeness (QED) is 0.284. The number of carbonyl (C=O) groups excluding carboxylic acids is 1. The zero-order valence-electron chi connectivity index (χ0n) is 12.6. The van der Waals surface area contributed by atoms with E-state index in [0.29, 0.717) is 17.7 Å². The fraction of sp³-hybridized carbons (Fsp3) is 0.150. The Morgan fingerprint density at radius 3 is 2.27 bits per heavy atom. The molecule has 0 aromatic heterocycles. The van der Waals surface area contributed by atoms with Gasteiger partial charge in [-0.2, -0.15) is 0 Å². The van der Waals surface area contributed by atoms with Gasteiger partial charge in [0.2, 0.25) is 0 Å². The molecule has 3 aromatic carbocycles. The van der Waals surface area contributed by atoms with Gasteiger partial charge in [-0.3, -0.25) is 0 Å². The molecule has 0 radical (unpaired) electrons. The van der Waals surface area contributed by atoms with E-state index >= 15 is 0 Å². The lowest BCUT2D eigenvalue weighted by Crippen LogP contribution is -2.10. The number of fused-ring (bicyclic) bond motifs is 2. The molecule has 3 aromatic rings. The first kappa shape index (κ1) is 14.3. The monoisotopic (exact) mass is 290 g/mol. The van der Waals surface area contributed by atoms with Gasteiger partial charge in [0.1, 0.15) is 5.75 Å². The lowest BCUT2D eigenvalue weighted by molar-refractivity contribution is -0.130. The van der Waals surface area contributed by atoms with E-state index in [0.717, 1.165) is 17.2 Å². The van der Waals surface area contributed by atoms with Crippen LogP contribution >= 0.6 is 0 Å². The summed E-state index contributed by atoms with van der Waals surface area (Å²) in [5.41, 5.74) is 0.515. The van der Waals surface area contributed by atoms with E-state index in [1.807, 2.05) is 37.3 Å². The summed E-state index contributed by atoms with van der Waals surface area (Å²) < 4.78 is 5.41. The van der Waals surface area contributed by atoms with Gasteiger partial charge in [0.25, 0.3) is 0 Å². The zero-order valence-corrected chi connectivity index (χ0v) is 12.6. The SMILES string of the molecule is C=C(CCC)C(=O)Oc1ccc2cc3ccccc3cc2c1. The molecule has 0 fully saturated rings. The number of esters is 1. The van der Waals surface area contributed by atoms with Gasteiger partial charge in [0.15, 0.2) is 0 Å². The zero-order chi connectivity index (χ0) is 15.5. The standard InChI is InChI=1S/C20H18O2/c1-3-6-14(2)20(21)22-19-10-9-17-11-15-7-4-5-8-16(15)12-18(17)13-19/h4-5,7-13H,2-3,6H2,1H3. The van der Waals surface area contributed by atoms with Crippen LogP contribution in [0.1, 0.15) is 19.8 Å². The average Bonchev–Trinajstić information content (AvgIpc) is 2.53. The third kappa shape index (κ3) is 2.86. The number of carbonyl (C=O) groups is 1. The molecule has 0 atom stereocenters. The van der Waals surface area contributed by atoms with E-state index in [4.69, 9.17) is 4.74 Å². The van der Waals surface area contributed by atoms with Crippen LogP contribution in [0.5, 0.6) is 5.75 Å². The Kier molecular flexibility index (Phi) is 3.92. The van der Waals surface area contributed by atoms with Crippen molar-refractivity contribution in [1.82, 2.24) is 0 Å². The second kappa shape index (κ2) is 6.02. The Labute approximate surface area is 130 Å². The minimum absolute atomic E-state index is 0.345. The number of benzene rings is 3. The van der Waals surface area contributed by atoms with Gasteiger partial charge in [-0.1, -0.05) is 50.3 Å². The molecule has 0 aliphatic heterocycles. The maximum Gasteiger partial charge on any atom is 0.338 e. The highest BCUT2D eigenvalue weighted by Gasteiger charge is 2.09. The van der Waals surface area contributed by atoms with Crippen LogP contribution < -0.4 is 4.74 Å². The van der Waals surface area contributed by atoms with Gasteiger partial charge < -0.3 is 4.74 Å². The fourth-order valence-electron chi connectivity index (χ4n) is 2.56. The molecule has 2 nitrogen and oxygen atoms in total. The number of hydrogen-bond donors (Lipinski definition) is 0. The number of ether oxygens (including phenoxy) is 1. The normalized spacial score (nSPS) is 10.8. The highest BCUT2D eigenvalue weighted by atomic mass is 16.5. The molecule has 22 heavy (non-hydrogen) atoms. The van der Waals surface area contributed by atoms with E-state index in [-0.39, 0.29) is 5.97 Å². The lowest BCUT2D eigenvalue weighted by Gasteiger charge is -2.08. The Bertz CT molecular complexity index is 862. The summed E-state index contributed by atoms with van der Waals surface area (Å²) in [6, 6.07) is 18.2. The van der Waals surface area contributed by atoms with Gasteiger partial charge in [0.05, 0.1) is 0 Å². The first-order valence-electron chi connectivity index (χ1n) is 7.50. The Morgan fingerprint density at radius 1 is 0.955 bits per heavy atom. The van der Waals surface area contributed by atoms with Crippen LogP contribution in [0, 0.1) is 0 Å². The second-order valence-electron chi connectivity index (χ2n) is 5.45. The summed E-state index contributed by atoms with van der Waals surface area (Å²) in [5.74, 6) is 0.215. The minimum atomic E-state index is -0.345. The molecule has 0 saturated heterocycles. The molecule has 0 N–H and O–H groups in total. The Hall–Kier alpha value is -2.61. The summed E-state index contributed by atoms with van der Waals surface area (Å²) in [4.78, 5) is 11.9. The maximum absolute atomic E-state index is 11.9. The van der Waals surface area contributed by atoms with E-state index in [2.05, 4.69) is 30.8 Å². The number of rotatable bonds is 4. The van der Waals surface area contributed by atoms with Crippen LogP contribution in [0.15, 0.2) is 66.7 Å². The van der Waals surface area contributed by atoms with Crippen molar-refractivity contribution in [3.63, 3.8) is 0 Å². The first-order valence-corrected chi connectivity index (χ1v) is 7.50. The van der Waals surface area contributed by atoms with E-state index in [1.165, 1.54) is 10.8 Å². The molecule has 0 spiro atoms. The minimum Gasteiger partial charge on any atom is -0.423 e. The highest BCUT2D eigenvalue weighted by molar-refractivity contribution is 5.99. The molecule has 3 rings (SSSR count). The van der Waals surface area contributed by atoms with Crippen molar-refractivity contribution >= 4 is 27.5 Å². The predicted octanol–water partition coefficient (Wildman–Crippen LogP) is 5.25. The summed E-state index contributed by atoms with van der Waals surface area (Å²) in [7, 11) is 0. The molecular weight excluding hydrogens is 272 g/mol. The Balaban J connectivity index is 1.93. The molecule has 0 saturated carbocycles.